The summed E-state index contributed by atoms with van der Waals surface area (Å²) in [5.74, 6) is 0.0864. The molecule has 2 aliphatic rings. The zero-order valence-electron chi connectivity index (χ0n) is 19.5. The summed E-state index contributed by atoms with van der Waals surface area (Å²) in [6.45, 7) is 1.40. The molecule has 2 aliphatic heterocycles. The van der Waals surface area contributed by atoms with E-state index in [9.17, 15) is 9.59 Å². The van der Waals surface area contributed by atoms with Crippen LogP contribution in [-0.2, 0) is 0 Å². The van der Waals surface area contributed by atoms with Crippen LogP contribution in [0.1, 0.15) is 33.6 Å². The number of ether oxygens (including phenoxy) is 1. The average Bonchev–Trinajstić information content (AvgIpc) is 2.90. The second-order valence-electron chi connectivity index (χ2n) is 8.55. The fraction of sp³-hybridized carbons (Fsp3) is 0.280. The Morgan fingerprint density at radius 3 is 2.44 bits per heavy atom. The molecule has 0 saturated carbocycles. The van der Waals surface area contributed by atoms with Crippen LogP contribution in [0.5, 0.6) is 5.88 Å². The molecule has 186 valence electrons. The first-order chi connectivity index (χ1) is 17.4. The molecular formula is C25H24Cl2N6O3. The van der Waals surface area contributed by atoms with Gasteiger partial charge in [0.05, 0.1) is 15.7 Å². The van der Waals surface area contributed by atoms with Crippen LogP contribution in [0.4, 0.5) is 17.3 Å². The highest BCUT2D eigenvalue weighted by atomic mass is 35.5. The van der Waals surface area contributed by atoms with Gasteiger partial charge in [-0.15, -0.1) is 0 Å². The summed E-state index contributed by atoms with van der Waals surface area (Å²) in [6, 6.07) is 12.6. The third-order valence-electron chi connectivity index (χ3n) is 6.35. The molecule has 2 aromatic carbocycles. The van der Waals surface area contributed by atoms with Gasteiger partial charge in [0.1, 0.15) is 5.56 Å². The quantitative estimate of drug-likeness (QED) is 0.509. The van der Waals surface area contributed by atoms with Crippen molar-refractivity contribution in [3.63, 3.8) is 0 Å². The summed E-state index contributed by atoms with van der Waals surface area (Å²) in [6.07, 6.45) is 3.30. The van der Waals surface area contributed by atoms with Crippen LogP contribution in [0.2, 0.25) is 10.0 Å². The lowest BCUT2D eigenvalue weighted by Crippen LogP contribution is -2.43. The van der Waals surface area contributed by atoms with Crippen LogP contribution in [0.15, 0.2) is 48.7 Å². The molecule has 0 radical (unpaired) electrons. The first-order valence-electron chi connectivity index (χ1n) is 11.5. The van der Waals surface area contributed by atoms with Gasteiger partial charge < -0.3 is 20.3 Å². The van der Waals surface area contributed by atoms with E-state index >= 15 is 0 Å². The van der Waals surface area contributed by atoms with E-state index in [2.05, 4.69) is 20.6 Å². The topological polar surface area (TPSA) is 99.7 Å². The Morgan fingerprint density at radius 1 is 1.08 bits per heavy atom. The maximum Gasteiger partial charge on any atom is 0.268 e. The predicted octanol–water partition coefficient (Wildman–Crippen LogP) is 4.35. The van der Waals surface area contributed by atoms with Crippen LogP contribution < -0.4 is 20.3 Å². The lowest BCUT2D eigenvalue weighted by Gasteiger charge is -2.31. The maximum absolute atomic E-state index is 13.0. The van der Waals surface area contributed by atoms with Gasteiger partial charge >= 0.3 is 0 Å². The molecule has 36 heavy (non-hydrogen) atoms. The van der Waals surface area contributed by atoms with E-state index in [4.69, 9.17) is 27.9 Å². The summed E-state index contributed by atoms with van der Waals surface area (Å²) < 4.78 is 5.72. The molecule has 0 unspecified atom stereocenters. The van der Waals surface area contributed by atoms with Gasteiger partial charge in [-0.05, 0) is 56.3 Å². The number of nitrogens with one attached hydrogen (secondary N) is 2. The molecule has 1 aromatic heterocycles. The van der Waals surface area contributed by atoms with Crippen molar-refractivity contribution in [1.29, 1.82) is 0 Å². The number of halogens is 2. The number of piperidine rings is 1. The van der Waals surface area contributed by atoms with Crippen molar-refractivity contribution in [2.45, 2.75) is 18.9 Å². The molecule has 11 heteroatoms. The molecule has 3 aromatic rings. The van der Waals surface area contributed by atoms with Gasteiger partial charge in [0.25, 0.3) is 11.8 Å². The van der Waals surface area contributed by atoms with Crippen molar-refractivity contribution in [2.24, 2.45) is 0 Å². The summed E-state index contributed by atoms with van der Waals surface area (Å²) in [4.78, 5) is 37.7. The number of para-hydroxylation sites is 1. The molecule has 0 aliphatic carbocycles. The van der Waals surface area contributed by atoms with Gasteiger partial charge in [-0.3, -0.25) is 14.5 Å². The molecule has 2 amide bonds. The van der Waals surface area contributed by atoms with Crippen LogP contribution in [0.25, 0.3) is 0 Å². The van der Waals surface area contributed by atoms with Gasteiger partial charge in [-0.2, -0.15) is 4.98 Å². The number of hydrogen-bond acceptors (Lipinski definition) is 7. The largest absolute Gasteiger partial charge is 0.455 e. The van der Waals surface area contributed by atoms with Crippen molar-refractivity contribution in [1.82, 2.24) is 20.2 Å². The predicted molar refractivity (Wildman–Crippen MR) is 139 cm³/mol. The number of hydrogen-bond donors (Lipinski definition) is 2. The molecule has 1 fully saturated rings. The zero-order chi connectivity index (χ0) is 25.2. The molecule has 3 heterocycles. The lowest BCUT2D eigenvalue weighted by molar-refractivity contribution is 0.0707. The minimum atomic E-state index is -0.362. The van der Waals surface area contributed by atoms with E-state index in [1.807, 2.05) is 11.9 Å². The Bertz CT molecular complexity index is 1280. The van der Waals surface area contributed by atoms with Crippen LogP contribution in [0, 0.1) is 0 Å². The number of likely N-dealkylation sites (tertiary alicyclic amines) is 1. The Balaban J connectivity index is 1.26. The zero-order valence-corrected chi connectivity index (χ0v) is 21.0. The van der Waals surface area contributed by atoms with E-state index in [1.54, 1.807) is 42.5 Å². The van der Waals surface area contributed by atoms with Gasteiger partial charge in [-0.1, -0.05) is 29.3 Å². The number of aromatic nitrogens is 2. The number of benzene rings is 2. The van der Waals surface area contributed by atoms with E-state index in [-0.39, 0.29) is 35.9 Å². The van der Waals surface area contributed by atoms with Crippen LogP contribution in [-0.4, -0.2) is 59.6 Å². The summed E-state index contributed by atoms with van der Waals surface area (Å²) in [5, 5.41) is 7.04. The second-order valence-corrected chi connectivity index (χ2v) is 9.36. The Kier molecular flexibility index (Phi) is 6.95. The summed E-state index contributed by atoms with van der Waals surface area (Å²) in [7, 11) is 1.95. The smallest absolute Gasteiger partial charge is 0.268 e. The number of nitrogens with zero attached hydrogens (tertiary/aromatic N) is 4. The van der Waals surface area contributed by atoms with Crippen molar-refractivity contribution < 1.29 is 14.3 Å². The SMILES string of the molecule is CNC1CCN(C(=O)c2ccc(Nc3ncc4c(n3)OCN(c3c(Cl)cccc3Cl)C4=O)cc2)CC1. The first-order valence-corrected chi connectivity index (χ1v) is 12.3. The summed E-state index contributed by atoms with van der Waals surface area (Å²) in [5.41, 5.74) is 1.90. The minimum Gasteiger partial charge on any atom is -0.455 e. The van der Waals surface area contributed by atoms with Crippen molar-refractivity contribution in [3.05, 3.63) is 69.8 Å². The monoisotopic (exact) mass is 526 g/mol. The number of carbonyl (C=O) groups excluding carboxylic acids is 2. The highest BCUT2D eigenvalue weighted by Crippen LogP contribution is 2.37. The number of fused-ring (bicyclic) bond motifs is 1. The molecule has 0 bridgehead atoms. The number of anilines is 3. The Labute approximate surface area is 218 Å². The Hall–Kier alpha value is -3.40. The van der Waals surface area contributed by atoms with E-state index in [0.29, 0.717) is 33.0 Å². The minimum absolute atomic E-state index is 0.0243. The Morgan fingerprint density at radius 2 is 1.78 bits per heavy atom. The molecule has 0 atom stereocenters. The van der Waals surface area contributed by atoms with Gasteiger partial charge in [0.2, 0.25) is 11.8 Å². The third-order valence-corrected chi connectivity index (χ3v) is 6.96. The van der Waals surface area contributed by atoms with Gasteiger partial charge in [0.15, 0.2) is 6.73 Å². The van der Waals surface area contributed by atoms with Crippen LogP contribution in [0.3, 0.4) is 0 Å². The molecule has 5 rings (SSSR count). The first kappa shape index (κ1) is 24.3. The molecule has 0 spiro atoms. The second kappa shape index (κ2) is 10.3. The lowest BCUT2D eigenvalue weighted by atomic mass is 10.0. The van der Waals surface area contributed by atoms with Crippen molar-refractivity contribution >= 4 is 52.3 Å². The fourth-order valence-corrected chi connectivity index (χ4v) is 4.91. The number of carbonyl (C=O) groups is 2. The normalized spacial score (nSPS) is 15.9. The fourth-order valence-electron chi connectivity index (χ4n) is 4.30. The number of rotatable bonds is 5. The highest BCUT2D eigenvalue weighted by Gasteiger charge is 2.31. The summed E-state index contributed by atoms with van der Waals surface area (Å²) >= 11 is 12.5. The van der Waals surface area contributed by atoms with Gasteiger partial charge in [-0.25, -0.2) is 4.98 Å². The van der Waals surface area contributed by atoms with Gasteiger partial charge in [0, 0.05) is 36.6 Å². The van der Waals surface area contributed by atoms with Crippen LogP contribution >= 0.6 is 23.2 Å². The third kappa shape index (κ3) is 4.82. The van der Waals surface area contributed by atoms with E-state index in [0.717, 1.165) is 25.9 Å². The molecule has 9 nitrogen and oxygen atoms in total. The molecule has 2 N–H and O–H groups in total. The average molecular weight is 527 g/mol. The van der Waals surface area contributed by atoms with Crippen molar-refractivity contribution in [2.75, 3.05) is 37.1 Å². The number of amides is 2. The maximum atomic E-state index is 13.0. The standard InChI is InChI=1S/C25H24Cl2N6O3/c1-28-16-9-11-32(12-10-16)23(34)15-5-7-17(8-6-15)30-25-29-13-18-22(31-25)36-14-33(24(18)35)21-19(26)3-2-4-20(21)27/h2-8,13,16,28H,9-12,14H2,1H3,(H,29,30,31). The molecular weight excluding hydrogens is 503 g/mol. The van der Waals surface area contributed by atoms with E-state index in [1.165, 1.54) is 11.1 Å². The van der Waals surface area contributed by atoms with Crippen molar-refractivity contribution in [3.8, 4) is 5.88 Å². The highest BCUT2D eigenvalue weighted by molar-refractivity contribution is 6.40. The molecule has 1 saturated heterocycles. The van der Waals surface area contributed by atoms with E-state index < -0.39 is 0 Å².